The molecule has 10 nitrogen and oxygen atoms in total. The number of benzene rings is 1. The summed E-state index contributed by atoms with van der Waals surface area (Å²) in [5.74, 6) is 0.0617. The van der Waals surface area contributed by atoms with Crippen LogP contribution in [0.5, 0.6) is 0 Å². The standard InChI is InChI=1S/C23H29N5O3.CO2/c1-3-26-6-8-27(9-7-26)23(30)17-13-18-20(12-15(17)2)25-22(29)19-14-24-28(21(18)19)16-4-10-31-11-5-16;2-1-3/h12-14,16H,3-11H2,1-2H3,(H,25,29);. The quantitative estimate of drug-likeness (QED) is 0.623. The Balaban J connectivity index is 0.000000868. The van der Waals surface area contributed by atoms with E-state index in [-0.39, 0.29) is 23.7 Å². The van der Waals surface area contributed by atoms with Gasteiger partial charge in [-0.3, -0.25) is 14.3 Å². The Morgan fingerprint density at radius 1 is 1.15 bits per heavy atom. The molecule has 1 aromatic carbocycles. The van der Waals surface area contributed by atoms with E-state index in [1.807, 2.05) is 28.6 Å². The number of nitrogens with one attached hydrogen (secondary N) is 1. The fraction of sp³-hybridized carbons (Fsp3) is 0.500. The van der Waals surface area contributed by atoms with Gasteiger partial charge in [-0.1, -0.05) is 6.92 Å². The molecule has 10 heteroatoms. The third-order valence-corrected chi connectivity index (χ3v) is 6.78. The first-order valence-electron chi connectivity index (χ1n) is 11.6. The summed E-state index contributed by atoms with van der Waals surface area (Å²) in [4.78, 5) is 49.6. The molecule has 1 N–H and O–H groups in total. The van der Waals surface area contributed by atoms with Crippen molar-refractivity contribution in [2.45, 2.75) is 32.7 Å². The van der Waals surface area contributed by atoms with Crippen LogP contribution >= 0.6 is 0 Å². The van der Waals surface area contributed by atoms with Crippen molar-refractivity contribution >= 4 is 33.9 Å². The third-order valence-electron chi connectivity index (χ3n) is 6.78. The molecular weight excluding hydrogens is 438 g/mol. The molecule has 0 spiro atoms. The molecule has 0 bridgehead atoms. The zero-order valence-electron chi connectivity index (χ0n) is 19.5. The number of aryl methyl sites for hydroxylation is 1. The van der Waals surface area contributed by atoms with Crippen molar-refractivity contribution in [3.8, 4) is 0 Å². The van der Waals surface area contributed by atoms with Gasteiger partial charge in [-0.15, -0.1) is 0 Å². The largest absolute Gasteiger partial charge is 0.381 e. The molecule has 2 aromatic heterocycles. The third kappa shape index (κ3) is 4.52. The molecule has 1 amide bonds. The SMILES string of the molecule is CCN1CCN(C(=O)c2cc3c(cc2C)[nH]c(=O)c2cnn(C4CCOCC4)c23)CC1.O=C=O. The second-order valence-corrected chi connectivity index (χ2v) is 8.67. The van der Waals surface area contributed by atoms with Gasteiger partial charge in [-0.2, -0.15) is 14.7 Å². The summed E-state index contributed by atoms with van der Waals surface area (Å²) in [6.45, 7) is 9.78. The summed E-state index contributed by atoms with van der Waals surface area (Å²) in [7, 11) is 0. The maximum absolute atomic E-state index is 13.4. The van der Waals surface area contributed by atoms with E-state index in [1.165, 1.54) is 0 Å². The van der Waals surface area contributed by atoms with E-state index in [0.29, 0.717) is 24.2 Å². The lowest BCUT2D eigenvalue weighted by Gasteiger charge is -2.34. The number of pyridine rings is 1. The molecule has 0 unspecified atom stereocenters. The van der Waals surface area contributed by atoms with Gasteiger partial charge in [-0.05, 0) is 44.0 Å². The first-order valence-corrected chi connectivity index (χ1v) is 11.6. The van der Waals surface area contributed by atoms with E-state index in [9.17, 15) is 9.59 Å². The van der Waals surface area contributed by atoms with Gasteiger partial charge in [0.25, 0.3) is 11.5 Å². The molecule has 2 aliphatic rings. The Labute approximate surface area is 196 Å². The number of hydrogen-bond acceptors (Lipinski definition) is 7. The van der Waals surface area contributed by atoms with Crippen molar-refractivity contribution in [1.29, 1.82) is 0 Å². The second-order valence-electron chi connectivity index (χ2n) is 8.67. The average Bonchev–Trinajstić information content (AvgIpc) is 3.31. The molecule has 2 saturated heterocycles. The fourth-order valence-electron chi connectivity index (χ4n) is 4.87. The predicted octanol–water partition coefficient (Wildman–Crippen LogP) is 1.73. The molecule has 5 rings (SSSR count). The van der Waals surface area contributed by atoms with Crippen molar-refractivity contribution in [1.82, 2.24) is 24.6 Å². The molecule has 4 heterocycles. The number of fused-ring (bicyclic) bond motifs is 3. The number of carbonyl (C=O) groups excluding carboxylic acids is 3. The van der Waals surface area contributed by atoms with E-state index in [1.54, 1.807) is 6.20 Å². The summed E-state index contributed by atoms with van der Waals surface area (Å²) in [6.07, 6.45) is 3.63. The number of H-pyrrole nitrogens is 1. The number of hydrogen-bond donors (Lipinski definition) is 1. The van der Waals surface area contributed by atoms with Gasteiger partial charge in [0.05, 0.1) is 28.7 Å². The highest BCUT2D eigenvalue weighted by atomic mass is 16.5. The average molecular weight is 468 g/mol. The second kappa shape index (κ2) is 10.3. The molecule has 34 heavy (non-hydrogen) atoms. The number of ether oxygens (including phenoxy) is 1. The van der Waals surface area contributed by atoms with E-state index in [4.69, 9.17) is 14.3 Å². The first kappa shape index (κ1) is 23.8. The molecule has 0 saturated carbocycles. The monoisotopic (exact) mass is 467 g/mol. The number of rotatable bonds is 3. The predicted molar refractivity (Wildman–Crippen MR) is 125 cm³/mol. The van der Waals surface area contributed by atoms with Crippen molar-refractivity contribution < 1.29 is 19.1 Å². The van der Waals surface area contributed by atoms with Gasteiger partial charge in [0, 0.05) is 50.3 Å². The highest BCUT2D eigenvalue weighted by molar-refractivity contribution is 6.07. The van der Waals surface area contributed by atoms with Crippen LogP contribution in [-0.2, 0) is 14.3 Å². The molecule has 180 valence electrons. The number of aromatic amines is 1. The van der Waals surface area contributed by atoms with E-state index < -0.39 is 0 Å². The smallest absolute Gasteiger partial charge is 0.373 e. The number of likely N-dealkylation sites (N-methyl/N-ethyl adjacent to an activating group) is 1. The summed E-state index contributed by atoms with van der Waals surface area (Å²) in [5, 5.41) is 6.02. The zero-order chi connectivity index (χ0) is 24.2. The van der Waals surface area contributed by atoms with Gasteiger partial charge in [0.2, 0.25) is 0 Å². The van der Waals surface area contributed by atoms with E-state index in [2.05, 4.69) is 21.9 Å². The normalized spacial score (nSPS) is 17.4. The highest BCUT2D eigenvalue weighted by Gasteiger charge is 2.25. The Bertz CT molecular complexity index is 1280. The Morgan fingerprint density at radius 3 is 2.47 bits per heavy atom. The maximum Gasteiger partial charge on any atom is 0.373 e. The summed E-state index contributed by atoms with van der Waals surface area (Å²) < 4.78 is 7.48. The van der Waals surface area contributed by atoms with Gasteiger partial charge in [0.15, 0.2) is 0 Å². The highest BCUT2D eigenvalue weighted by Crippen LogP contribution is 2.30. The van der Waals surface area contributed by atoms with Crippen LogP contribution < -0.4 is 5.56 Å². The number of piperazine rings is 1. The minimum atomic E-state index is -0.144. The van der Waals surface area contributed by atoms with Gasteiger partial charge >= 0.3 is 6.15 Å². The Kier molecular flexibility index (Phi) is 7.21. The number of aromatic nitrogens is 3. The van der Waals surface area contributed by atoms with Crippen LogP contribution in [0.2, 0.25) is 0 Å². The molecule has 0 radical (unpaired) electrons. The summed E-state index contributed by atoms with van der Waals surface area (Å²) in [5.41, 5.74) is 3.00. The number of amides is 1. The van der Waals surface area contributed by atoms with Crippen molar-refractivity contribution in [3.05, 3.63) is 39.8 Å². The first-order chi connectivity index (χ1) is 16.5. The molecule has 2 fully saturated rings. The van der Waals surface area contributed by atoms with Crippen LogP contribution in [0.4, 0.5) is 0 Å². The maximum atomic E-state index is 13.4. The summed E-state index contributed by atoms with van der Waals surface area (Å²) >= 11 is 0. The van der Waals surface area contributed by atoms with E-state index in [0.717, 1.165) is 67.5 Å². The zero-order valence-corrected chi connectivity index (χ0v) is 19.5. The van der Waals surface area contributed by atoms with Gasteiger partial charge < -0.3 is 19.5 Å². The lowest BCUT2D eigenvalue weighted by Crippen LogP contribution is -2.48. The molecular formula is C24H29N5O5. The Hall–Kier alpha value is -3.33. The van der Waals surface area contributed by atoms with Gasteiger partial charge in [-0.25, -0.2) is 0 Å². The fourth-order valence-corrected chi connectivity index (χ4v) is 4.87. The van der Waals surface area contributed by atoms with Crippen LogP contribution in [-0.4, -0.2) is 82.6 Å². The van der Waals surface area contributed by atoms with E-state index >= 15 is 0 Å². The molecule has 0 atom stereocenters. The van der Waals surface area contributed by atoms with Gasteiger partial charge in [0.1, 0.15) is 0 Å². The number of carbonyl (C=O) groups is 1. The van der Waals surface area contributed by atoms with Crippen molar-refractivity contribution in [2.24, 2.45) is 0 Å². The van der Waals surface area contributed by atoms with Crippen molar-refractivity contribution in [3.63, 3.8) is 0 Å². The van der Waals surface area contributed by atoms with Crippen LogP contribution in [0.25, 0.3) is 21.8 Å². The molecule has 3 aromatic rings. The lowest BCUT2D eigenvalue weighted by molar-refractivity contribution is -0.191. The van der Waals surface area contributed by atoms with Crippen LogP contribution in [0.15, 0.2) is 23.1 Å². The molecule has 0 aliphatic carbocycles. The van der Waals surface area contributed by atoms with Crippen LogP contribution in [0.1, 0.15) is 41.7 Å². The molecule has 2 aliphatic heterocycles. The topological polar surface area (TPSA) is 118 Å². The van der Waals surface area contributed by atoms with Crippen LogP contribution in [0.3, 0.4) is 0 Å². The Morgan fingerprint density at radius 2 is 1.82 bits per heavy atom. The van der Waals surface area contributed by atoms with Crippen molar-refractivity contribution in [2.75, 3.05) is 45.9 Å². The number of nitrogens with zero attached hydrogens (tertiary/aromatic N) is 4. The lowest BCUT2D eigenvalue weighted by atomic mass is 10.0. The summed E-state index contributed by atoms with van der Waals surface area (Å²) in [6, 6.07) is 4.07. The minimum absolute atomic E-state index is 0.0617. The minimum Gasteiger partial charge on any atom is -0.381 e. The van der Waals surface area contributed by atoms with Crippen LogP contribution in [0, 0.1) is 6.92 Å².